The molecule has 11 heteroatoms. The van der Waals surface area contributed by atoms with Gasteiger partial charge in [-0.3, -0.25) is 4.79 Å². The molecule has 0 saturated heterocycles. The van der Waals surface area contributed by atoms with Gasteiger partial charge >= 0.3 is 0 Å². The molecule has 0 aliphatic rings. The number of allylic oxidation sites excluding steroid dienone is 1. The van der Waals surface area contributed by atoms with E-state index in [2.05, 4.69) is 22.1 Å². The highest BCUT2D eigenvalue weighted by molar-refractivity contribution is 7.99. The number of carbonyl (C=O) groups is 1. The zero-order valence-electron chi connectivity index (χ0n) is 16.7. The number of amides is 1. The largest absolute Gasteiger partial charge is 0.325 e. The number of nitrogens with one attached hydrogen (secondary N) is 1. The smallest absolute Gasteiger partial charge is 0.234 e. The fraction of sp³-hybridized carbons (Fsp3) is 0.190. The number of rotatable bonds is 10. The van der Waals surface area contributed by atoms with Gasteiger partial charge in [-0.2, -0.15) is 0 Å². The van der Waals surface area contributed by atoms with Gasteiger partial charge in [0.15, 0.2) is 5.16 Å². The average molecular weight is 548 g/mol. The molecule has 1 heterocycles. The normalized spacial score (nSPS) is 10.9. The zero-order chi connectivity index (χ0) is 23.1. The predicted molar refractivity (Wildman–Crippen MR) is 137 cm³/mol. The van der Waals surface area contributed by atoms with Gasteiger partial charge in [-0.15, -0.1) is 28.5 Å². The summed E-state index contributed by atoms with van der Waals surface area (Å²) in [5.74, 6) is 2.20. The van der Waals surface area contributed by atoms with E-state index in [0.717, 1.165) is 17.1 Å². The van der Waals surface area contributed by atoms with Gasteiger partial charge in [0.05, 0.1) is 31.6 Å². The van der Waals surface area contributed by atoms with E-state index in [1.54, 1.807) is 42.1 Å². The van der Waals surface area contributed by atoms with Crippen LogP contribution in [0.25, 0.3) is 0 Å². The fourth-order valence-corrected chi connectivity index (χ4v) is 4.93. The number of halogens is 4. The molecule has 5 nitrogen and oxygen atoms in total. The van der Waals surface area contributed by atoms with Crippen LogP contribution in [0, 0.1) is 0 Å². The molecule has 2 aromatic carbocycles. The summed E-state index contributed by atoms with van der Waals surface area (Å²) >= 11 is 26.9. The standard InChI is InChI=1S/C21H18Cl4N4OS2/c1-2-7-29-19(11-31-10-13-3-5-15(22)17(24)8-13)27-28-21(29)32-12-20(30)26-14-4-6-16(23)18(25)9-14/h2-6,8-9H,1,7,10-12H2,(H,26,30). The molecule has 0 aliphatic heterocycles. The van der Waals surface area contributed by atoms with Gasteiger partial charge in [0, 0.05) is 18.0 Å². The first-order valence-electron chi connectivity index (χ1n) is 9.29. The lowest BCUT2D eigenvalue weighted by Gasteiger charge is -2.09. The Kier molecular flexibility index (Phi) is 9.64. The molecule has 0 fully saturated rings. The molecule has 1 N–H and O–H groups in total. The lowest BCUT2D eigenvalue weighted by Crippen LogP contribution is -2.14. The Bertz CT molecular complexity index is 1120. The molecule has 0 saturated carbocycles. The summed E-state index contributed by atoms with van der Waals surface area (Å²) in [6.07, 6.45) is 1.77. The summed E-state index contributed by atoms with van der Waals surface area (Å²) in [5, 5.41) is 13.9. The molecule has 1 amide bonds. The van der Waals surface area contributed by atoms with Crippen molar-refractivity contribution in [3.05, 3.63) is 80.5 Å². The minimum absolute atomic E-state index is 0.173. The maximum absolute atomic E-state index is 12.3. The van der Waals surface area contributed by atoms with E-state index in [1.165, 1.54) is 11.8 Å². The van der Waals surface area contributed by atoms with Crippen LogP contribution < -0.4 is 5.32 Å². The van der Waals surface area contributed by atoms with Crippen LogP contribution in [-0.4, -0.2) is 26.4 Å². The average Bonchev–Trinajstić information content (AvgIpc) is 3.14. The molecule has 32 heavy (non-hydrogen) atoms. The minimum Gasteiger partial charge on any atom is -0.325 e. The third-order valence-corrected chi connectivity index (χ3v) is 7.57. The van der Waals surface area contributed by atoms with Crippen molar-refractivity contribution in [2.75, 3.05) is 11.1 Å². The number of hydrogen-bond acceptors (Lipinski definition) is 5. The molecule has 1 aromatic heterocycles. The number of thioether (sulfide) groups is 2. The first-order valence-corrected chi connectivity index (χ1v) is 12.9. The van der Waals surface area contributed by atoms with E-state index in [-0.39, 0.29) is 11.7 Å². The van der Waals surface area contributed by atoms with Crippen molar-refractivity contribution < 1.29 is 4.79 Å². The number of nitrogens with zero attached hydrogens (tertiary/aromatic N) is 3. The number of benzene rings is 2. The van der Waals surface area contributed by atoms with Crippen LogP contribution in [0.1, 0.15) is 11.4 Å². The SMILES string of the molecule is C=CCn1c(CSCc2ccc(Cl)c(Cl)c2)nnc1SCC(=O)Nc1ccc(Cl)c(Cl)c1. The summed E-state index contributed by atoms with van der Waals surface area (Å²) < 4.78 is 1.95. The van der Waals surface area contributed by atoms with Crippen LogP contribution in [0.4, 0.5) is 5.69 Å². The van der Waals surface area contributed by atoms with E-state index in [9.17, 15) is 4.79 Å². The summed E-state index contributed by atoms with van der Waals surface area (Å²) in [5.41, 5.74) is 1.66. The molecule has 0 unspecified atom stereocenters. The number of hydrogen-bond donors (Lipinski definition) is 1. The van der Waals surface area contributed by atoms with Crippen molar-refractivity contribution in [2.24, 2.45) is 0 Å². The van der Waals surface area contributed by atoms with Crippen LogP contribution in [0.3, 0.4) is 0 Å². The van der Waals surface area contributed by atoms with Crippen LogP contribution in [0.5, 0.6) is 0 Å². The van der Waals surface area contributed by atoms with E-state index in [4.69, 9.17) is 46.4 Å². The molecule has 168 valence electrons. The van der Waals surface area contributed by atoms with Gasteiger partial charge in [-0.05, 0) is 35.9 Å². The van der Waals surface area contributed by atoms with Crippen molar-refractivity contribution in [1.82, 2.24) is 14.8 Å². The van der Waals surface area contributed by atoms with Crippen molar-refractivity contribution in [3.8, 4) is 0 Å². The topological polar surface area (TPSA) is 59.8 Å². The van der Waals surface area contributed by atoms with E-state index in [0.29, 0.717) is 43.2 Å². The van der Waals surface area contributed by atoms with Gasteiger partial charge in [0.2, 0.25) is 5.91 Å². The highest BCUT2D eigenvalue weighted by atomic mass is 35.5. The molecule has 0 atom stereocenters. The van der Waals surface area contributed by atoms with E-state index >= 15 is 0 Å². The minimum atomic E-state index is -0.183. The van der Waals surface area contributed by atoms with Gasteiger partial charge in [0.25, 0.3) is 0 Å². The zero-order valence-corrected chi connectivity index (χ0v) is 21.3. The maximum Gasteiger partial charge on any atom is 0.234 e. The van der Waals surface area contributed by atoms with E-state index in [1.807, 2.05) is 16.7 Å². The van der Waals surface area contributed by atoms with Crippen molar-refractivity contribution >= 4 is 81.5 Å². The second-order valence-corrected chi connectivity index (χ2v) is 10.1. The molecule has 0 bridgehead atoms. The monoisotopic (exact) mass is 546 g/mol. The molecule has 0 aliphatic carbocycles. The van der Waals surface area contributed by atoms with Gasteiger partial charge in [-0.1, -0.05) is 70.3 Å². The molecular weight excluding hydrogens is 530 g/mol. The van der Waals surface area contributed by atoms with Crippen LogP contribution in [0.15, 0.2) is 54.2 Å². The molecular formula is C21H18Cl4N4OS2. The Hall–Kier alpha value is -1.35. The Labute approximate surface area is 214 Å². The second kappa shape index (κ2) is 12.2. The Balaban J connectivity index is 1.57. The van der Waals surface area contributed by atoms with Crippen LogP contribution in [0.2, 0.25) is 20.1 Å². The van der Waals surface area contributed by atoms with Gasteiger partial charge in [0.1, 0.15) is 5.82 Å². The quantitative estimate of drug-likeness (QED) is 0.214. The summed E-state index contributed by atoms with van der Waals surface area (Å²) in [6.45, 7) is 4.36. The highest BCUT2D eigenvalue weighted by Crippen LogP contribution is 2.27. The third kappa shape index (κ3) is 7.07. The third-order valence-electron chi connectivity index (χ3n) is 4.12. The molecule has 0 radical (unpaired) electrons. The van der Waals surface area contributed by atoms with Crippen molar-refractivity contribution in [3.63, 3.8) is 0 Å². The van der Waals surface area contributed by atoms with Gasteiger partial charge in [-0.25, -0.2) is 0 Å². The van der Waals surface area contributed by atoms with E-state index < -0.39 is 0 Å². The van der Waals surface area contributed by atoms with Crippen molar-refractivity contribution in [2.45, 2.75) is 23.2 Å². The van der Waals surface area contributed by atoms with Gasteiger partial charge < -0.3 is 9.88 Å². The Morgan fingerprint density at radius 3 is 2.41 bits per heavy atom. The Morgan fingerprint density at radius 2 is 1.72 bits per heavy atom. The van der Waals surface area contributed by atoms with Crippen molar-refractivity contribution in [1.29, 1.82) is 0 Å². The second-order valence-electron chi connectivity index (χ2n) is 6.51. The first kappa shape index (κ1) is 25.3. The number of anilines is 1. The van der Waals surface area contributed by atoms with Crippen LogP contribution in [-0.2, 0) is 22.8 Å². The highest BCUT2D eigenvalue weighted by Gasteiger charge is 2.14. The molecule has 3 aromatic rings. The lowest BCUT2D eigenvalue weighted by atomic mass is 10.2. The summed E-state index contributed by atoms with van der Waals surface area (Å²) in [6, 6.07) is 10.5. The van der Waals surface area contributed by atoms with Crippen LogP contribution >= 0.6 is 69.9 Å². The summed E-state index contributed by atoms with van der Waals surface area (Å²) in [4.78, 5) is 12.3. The summed E-state index contributed by atoms with van der Waals surface area (Å²) in [7, 11) is 0. The predicted octanol–water partition coefficient (Wildman–Crippen LogP) is 7.24. The maximum atomic E-state index is 12.3. The fourth-order valence-electron chi connectivity index (χ4n) is 2.64. The first-order chi connectivity index (χ1) is 15.4. The number of carbonyl (C=O) groups excluding carboxylic acids is 1. The Morgan fingerprint density at radius 1 is 1.00 bits per heavy atom. The molecule has 3 rings (SSSR count). The number of aromatic nitrogens is 3. The molecule has 0 spiro atoms. The lowest BCUT2D eigenvalue weighted by molar-refractivity contribution is -0.113.